The second kappa shape index (κ2) is 6.18. The Bertz CT molecular complexity index is 631. The first-order valence-electron chi connectivity index (χ1n) is 6.56. The number of carbonyl (C=O) groups is 1. The predicted molar refractivity (Wildman–Crippen MR) is 77.4 cm³/mol. The molecule has 0 radical (unpaired) electrons. The molecule has 0 bridgehead atoms. The van der Waals surface area contributed by atoms with Gasteiger partial charge >= 0.3 is 0 Å². The molecule has 2 aromatic heterocycles. The molecule has 0 aromatic carbocycles. The average Bonchev–Trinajstić information content (AvgIpc) is 2.80. The molecule has 2 rings (SSSR count). The van der Waals surface area contributed by atoms with Gasteiger partial charge in [-0.2, -0.15) is 0 Å². The van der Waals surface area contributed by atoms with Crippen molar-refractivity contribution in [2.45, 2.75) is 26.9 Å². The van der Waals surface area contributed by atoms with E-state index in [1.807, 2.05) is 20.8 Å². The van der Waals surface area contributed by atoms with E-state index in [-0.39, 0.29) is 12.0 Å². The lowest BCUT2D eigenvalue weighted by atomic mass is 10.2. The summed E-state index contributed by atoms with van der Waals surface area (Å²) < 4.78 is 5.68. The van der Waals surface area contributed by atoms with Gasteiger partial charge in [0.15, 0.2) is 0 Å². The lowest BCUT2D eigenvalue weighted by molar-refractivity contribution is -0.116. The first kappa shape index (κ1) is 14.0. The number of nitrogens with one attached hydrogen (secondary N) is 2. The van der Waals surface area contributed by atoms with Gasteiger partial charge in [-0.05, 0) is 26.8 Å². The molecule has 0 saturated heterocycles. The molecule has 0 aliphatic carbocycles. The van der Waals surface area contributed by atoms with E-state index < -0.39 is 0 Å². The standard InChI is InChI=1S/C14H18N4O2/c1-4-15-11(19)6-5-10-7-16-13-12(10)14(18-8-17-13)20-9(2)3/h5-9H,4H2,1-3H3,(H,15,19)(H,16,17,18). The Kier molecular flexibility index (Phi) is 4.34. The molecule has 2 N–H and O–H groups in total. The van der Waals surface area contributed by atoms with Crippen molar-refractivity contribution in [2.24, 2.45) is 0 Å². The van der Waals surface area contributed by atoms with Gasteiger partial charge in [-0.3, -0.25) is 4.79 Å². The highest BCUT2D eigenvalue weighted by atomic mass is 16.5. The molecule has 2 aromatic rings. The fourth-order valence-corrected chi connectivity index (χ4v) is 1.80. The van der Waals surface area contributed by atoms with Crippen LogP contribution in [0.2, 0.25) is 0 Å². The minimum Gasteiger partial charge on any atom is -0.474 e. The number of rotatable bonds is 5. The monoisotopic (exact) mass is 274 g/mol. The van der Waals surface area contributed by atoms with Gasteiger partial charge in [0.1, 0.15) is 12.0 Å². The van der Waals surface area contributed by atoms with E-state index in [2.05, 4.69) is 20.3 Å². The minimum atomic E-state index is -0.134. The fraction of sp³-hybridized carbons (Fsp3) is 0.357. The van der Waals surface area contributed by atoms with Crippen LogP contribution in [0.25, 0.3) is 17.1 Å². The van der Waals surface area contributed by atoms with Gasteiger partial charge in [0.2, 0.25) is 11.8 Å². The Balaban J connectivity index is 2.36. The SMILES string of the molecule is CCNC(=O)C=Cc1c[nH]c2ncnc(OC(C)C)c12. The highest BCUT2D eigenvalue weighted by molar-refractivity contribution is 5.96. The van der Waals surface area contributed by atoms with E-state index in [0.717, 1.165) is 10.9 Å². The van der Waals surface area contributed by atoms with Gasteiger partial charge in [0.05, 0.1) is 11.5 Å². The highest BCUT2D eigenvalue weighted by Gasteiger charge is 2.11. The number of hydrogen-bond acceptors (Lipinski definition) is 4. The van der Waals surface area contributed by atoms with Crippen LogP contribution in [0.1, 0.15) is 26.3 Å². The highest BCUT2D eigenvalue weighted by Crippen LogP contribution is 2.26. The Labute approximate surface area is 117 Å². The number of nitrogens with zero attached hydrogens (tertiary/aromatic N) is 2. The largest absolute Gasteiger partial charge is 0.474 e. The zero-order valence-electron chi connectivity index (χ0n) is 11.8. The molecule has 6 heteroatoms. The van der Waals surface area contributed by atoms with Gasteiger partial charge in [-0.1, -0.05) is 0 Å². The lowest BCUT2D eigenvalue weighted by Gasteiger charge is -2.09. The molecule has 0 spiro atoms. The molecular formula is C14H18N4O2. The Morgan fingerprint density at radius 3 is 3.00 bits per heavy atom. The van der Waals surface area contributed by atoms with Crippen LogP contribution >= 0.6 is 0 Å². The van der Waals surface area contributed by atoms with E-state index in [1.54, 1.807) is 12.3 Å². The number of H-pyrrole nitrogens is 1. The van der Waals surface area contributed by atoms with Crippen LogP contribution in [0.3, 0.4) is 0 Å². The summed E-state index contributed by atoms with van der Waals surface area (Å²) in [6.45, 7) is 6.34. The summed E-state index contributed by atoms with van der Waals surface area (Å²) in [5.41, 5.74) is 1.51. The number of aromatic amines is 1. The molecule has 0 aliphatic heterocycles. The smallest absolute Gasteiger partial charge is 0.243 e. The minimum absolute atomic E-state index is 0.0169. The van der Waals surface area contributed by atoms with Gasteiger partial charge in [0, 0.05) is 24.4 Å². The summed E-state index contributed by atoms with van der Waals surface area (Å²) in [5, 5.41) is 3.48. The second-order valence-corrected chi connectivity index (χ2v) is 4.54. The second-order valence-electron chi connectivity index (χ2n) is 4.54. The number of hydrogen-bond donors (Lipinski definition) is 2. The maximum Gasteiger partial charge on any atom is 0.243 e. The lowest BCUT2D eigenvalue weighted by Crippen LogP contribution is -2.19. The number of ether oxygens (including phenoxy) is 1. The first-order chi connectivity index (χ1) is 9.61. The summed E-state index contributed by atoms with van der Waals surface area (Å²) in [6.07, 6.45) is 6.46. The van der Waals surface area contributed by atoms with Crippen molar-refractivity contribution >= 4 is 23.0 Å². The van der Waals surface area contributed by atoms with Crippen molar-refractivity contribution in [3.63, 3.8) is 0 Å². The molecule has 0 aliphatic rings. The van der Waals surface area contributed by atoms with Crippen molar-refractivity contribution in [3.8, 4) is 5.88 Å². The molecule has 2 heterocycles. The van der Waals surface area contributed by atoms with Gasteiger partial charge < -0.3 is 15.0 Å². The average molecular weight is 274 g/mol. The van der Waals surface area contributed by atoms with Crippen LogP contribution in [-0.2, 0) is 4.79 Å². The van der Waals surface area contributed by atoms with Gasteiger partial charge in [0.25, 0.3) is 0 Å². The fourth-order valence-electron chi connectivity index (χ4n) is 1.80. The molecule has 20 heavy (non-hydrogen) atoms. The van der Waals surface area contributed by atoms with E-state index in [0.29, 0.717) is 18.1 Å². The van der Waals surface area contributed by atoms with E-state index in [1.165, 1.54) is 12.4 Å². The maximum atomic E-state index is 11.5. The predicted octanol–water partition coefficient (Wildman–Crippen LogP) is 1.89. The van der Waals surface area contributed by atoms with Crippen LogP contribution in [0.4, 0.5) is 0 Å². The third-order valence-electron chi connectivity index (χ3n) is 2.58. The van der Waals surface area contributed by atoms with Crippen molar-refractivity contribution < 1.29 is 9.53 Å². The summed E-state index contributed by atoms with van der Waals surface area (Å²) in [6, 6.07) is 0. The van der Waals surface area contributed by atoms with Crippen LogP contribution in [0.5, 0.6) is 5.88 Å². The molecule has 1 amide bonds. The van der Waals surface area contributed by atoms with Crippen LogP contribution in [0.15, 0.2) is 18.6 Å². The van der Waals surface area contributed by atoms with Crippen molar-refractivity contribution in [1.29, 1.82) is 0 Å². The van der Waals surface area contributed by atoms with Crippen molar-refractivity contribution in [2.75, 3.05) is 6.54 Å². The van der Waals surface area contributed by atoms with E-state index in [4.69, 9.17) is 4.74 Å². The quantitative estimate of drug-likeness (QED) is 0.816. The normalized spacial score (nSPS) is 11.4. The zero-order valence-corrected chi connectivity index (χ0v) is 11.8. The third kappa shape index (κ3) is 3.14. The van der Waals surface area contributed by atoms with Crippen LogP contribution < -0.4 is 10.1 Å². The van der Waals surface area contributed by atoms with Crippen molar-refractivity contribution in [1.82, 2.24) is 20.3 Å². The zero-order chi connectivity index (χ0) is 14.5. The number of carbonyl (C=O) groups excluding carboxylic acids is 1. The van der Waals surface area contributed by atoms with Gasteiger partial charge in [-0.15, -0.1) is 0 Å². The topological polar surface area (TPSA) is 79.9 Å². The van der Waals surface area contributed by atoms with Crippen LogP contribution in [0, 0.1) is 0 Å². The maximum absolute atomic E-state index is 11.5. The first-order valence-corrected chi connectivity index (χ1v) is 6.56. The Morgan fingerprint density at radius 2 is 2.30 bits per heavy atom. The van der Waals surface area contributed by atoms with E-state index >= 15 is 0 Å². The number of amides is 1. The summed E-state index contributed by atoms with van der Waals surface area (Å²) in [7, 11) is 0. The Morgan fingerprint density at radius 1 is 1.50 bits per heavy atom. The van der Waals surface area contributed by atoms with E-state index in [9.17, 15) is 4.79 Å². The number of fused-ring (bicyclic) bond motifs is 1. The molecule has 0 saturated carbocycles. The molecule has 106 valence electrons. The molecule has 6 nitrogen and oxygen atoms in total. The molecular weight excluding hydrogens is 256 g/mol. The van der Waals surface area contributed by atoms with Crippen molar-refractivity contribution in [3.05, 3.63) is 24.2 Å². The molecule has 0 unspecified atom stereocenters. The van der Waals surface area contributed by atoms with Crippen LogP contribution in [-0.4, -0.2) is 33.5 Å². The van der Waals surface area contributed by atoms with Gasteiger partial charge in [-0.25, -0.2) is 9.97 Å². The molecule has 0 fully saturated rings. The third-order valence-corrected chi connectivity index (χ3v) is 2.58. The summed E-state index contributed by atoms with van der Waals surface area (Å²) in [4.78, 5) is 22.8. The number of aromatic nitrogens is 3. The molecule has 0 atom stereocenters. The number of likely N-dealkylation sites (N-methyl/N-ethyl adjacent to an activating group) is 1. The summed E-state index contributed by atoms with van der Waals surface area (Å²) in [5.74, 6) is 0.381. The Hall–Kier alpha value is -2.37. The summed E-state index contributed by atoms with van der Waals surface area (Å²) >= 11 is 0.